The number of benzene rings is 1. The first-order valence-corrected chi connectivity index (χ1v) is 7.00. The van der Waals surface area contributed by atoms with Crippen molar-refractivity contribution in [1.29, 1.82) is 5.26 Å². The molecule has 106 valence electrons. The molecule has 3 heterocycles. The molecular weight excluding hydrogens is 276 g/mol. The summed E-state index contributed by atoms with van der Waals surface area (Å²) in [5.41, 5.74) is 3.60. The van der Waals surface area contributed by atoms with Crippen molar-refractivity contribution in [2.24, 2.45) is 0 Å². The lowest BCUT2D eigenvalue weighted by atomic mass is 10.1. The van der Waals surface area contributed by atoms with Crippen molar-refractivity contribution in [3.63, 3.8) is 0 Å². The average Bonchev–Trinajstić information content (AvgIpc) is 2.97. The number of nitrogens with zero attached hydrogens (tertiary/aromatic N) is 3. The van der Waals surface area contributed by atoms with Gasteiger partial charge in [0, 0.05) is 24.7 Å². The molecule has 1 N–H and O–H groups in total. The number of aromatic nitrogens is 2. The standard InChI is InChI=1S/C17H12N4O/c18-7-14-16(13-5-6-19-8-15(13)20-17(14)22)21-9-11-3-1-2-4-12(11)10-21/h1-6,8H,9-10H2,(H,20,22). The van der Waals surface area contributed by atoms with Crippen LogP contribution in [0.25, 0.3) is 10.9 Å². The number of nitrogens with one attached hydrogen (secondary N) is 1. The van der Waals surface area contributed by atoms with Crippen LogP contribution >= 0.6 is 0 Å². The number of fused-ring (bicyclic) bond motifs is 2. The van der Waals surface area contributed by atoms with Gasteiger partial charge >= 0.3 is 0 Å². The second-order valence-electron chi connectivity index (χ2n) is 5.34. The van der Waals surface area contributed by atoms with E-state index in [-0.39, 0.29) is 11.1 Å². The number of aromatic amines is 1. The molecule has 0 spiro atoms. The fraction of sp³-hybridized carbons (Fsp3) is 0.118. The second-order valence-corrected chi connectivity index (χ2v) is 5.34. The van der Waals surface area contributed by atoms with E-state index in [4.69, 9.17) is 0 Å². The van der Waals surface area contributed by atoms with Crippen molar-refractivity contribution in [2.45, 2.75) is 13.1 Å². The molecule has 0 fully saturated rings. The number of nitriles is 1. The lowest BCUT2D eigenvalue weighted by molar-refractivity contribution is 0.880. The van der Waals surface area contributed by atoms with Crippen LogP contribution in [0.3, 0.4) is 0 Å². The Hall–Kier alpha value is -3.13. The molecule has 0 atom stereocenters. The lowest BCUT2D eigenvalue weighted by Gasteiger charge is -2.20. The van der Waals surface area contributed by atoms with Gasteiger partial charge in [0.05, 0.1) is 17.4 Å². The van der Waals surface area contributed by atoms with Crippen LogP contribution in [0.5, 0.6) is 0 Å². The quantitative estimate of drug-likeness (QED) is 0.745. The summed E-state index contributed by atoms with van der Waals surface area (Å²) in [5, 5.41) is 10.3. The molecule has 1 aliphatic rings. The van der Waals surface area contributed by atoms with Gasteiger partial charge in [-0.15, -0.1) is 0 Å². The molecule has 4 rings (SSSR count). The van der Waals surface area contributed by atoms with E-state index in [1.165, 1.54) is 11.1 Å². The van der Waals surface area contributed by atoms with E-state index in [2.05, 4.69) is 33.1 Å². The van der Waals surface area contributed by atoms with E-state index < -0.39 is 0 Å². The molecule has 0 unspecified atom stereocenters. The summed E-state index contributed by atoms with van der Waals surface area (Å²) in [5.74, 6) is 0. The van der Waals surface area contributed by atoms with Gasteiger partial charge in [0.25, 0.3) is 5.56 Å². The molecule has 0 radical (unpaired) electrons. The highest BCUT2D eigenvalue weighted by Crippen LogP contribution is 2.33. The number of H-pyrrole nitrogens is 1. The summed E-state index contributed by atoms with van der Waals surface area (Å²) in [6.45, 7) is 1.40. The number of hydrogen-bond donors (Lipinski definition) is 1. The van der Waals surface area contributed by atoms with Crippen LogP contribution in [0, 0.1) is 11.3 Å². The molecule has 5 heteroatoms. The Labute approximate surface area is 126 Å². The monoisotopic (exact) mass is 288 g/mol. The average molecular weight is 288 g/mol. The van der Waals surface area contributed by atoms with E-state index in [0.717, 1.165) is 5.39 Å². The third-order valence-corrected chi connectivity index (χ3v) is 4.06. The maximum absolute atomic E-state index is 12.2. The van der Waals surface area contributed by atoms with Crippen LogP contribution in [0.2, 0.25) is 0 Å². The Morgan fingerprint density at radius 2 is 1.91 bits per heavy atom. The number of hydrogen-bond acceptors (Lipinski definition) is 4. The Bertz CT molecular complexity index is 959. The predicted molar refractivity (Wildman–Crippen MR) is 83.4 cm³/mol. The van der Waals surface area contributed by atoms with Gasteiger partial charge in [-0.05, 0) is 17.2 Å². The van der Waals surface area contributed by atoms with E-state index in [9.17, 15) is 10.1 Å². The molecule has 5 nitrogen and oxygen atoms in total. The zero-order valence-corrected chi connectivity index (χ0v) is 11.7. The summed E-state index contributed by atoms with van der Waals surface area (Å²) in [6, 6.07) is 12.1. The van der Waals surface area contributed by atoms with Gasteiger partial charge in [-0.3, -0.25) is 9.78 Å². The van der Waals surface area contributed by atoms with Crippen molar-refractivity contribution >= 4 is 16.6 Å². The van der Waals surface area contributed by atoms with E-state index >= 15 is 0 Å². The molecule has 22 heavy (non-hydrogen) atoms. The Kier molecular flexibility index (Phi) is 2.70. The van der Waals surface area contributed by atoms with Crippen LogP contribution in [0.15, 0.2) is 47.5 Å². The minimum Gasteiger partial charge on any atom is -0.361 e. The molecule has 0 amide bonds. The van der Waals surface area contributed by atoms with Crippen molar-refractivity contribution in [3.8, 4) is 6.07 Å². The van der Waals surface area contributed by atoms with Crippen molar-refractivity contribution in [1.82, 2.24) is 9.97 Å². The summed E-state index contributed by atoms with van der Waals surface area (Å²) >= 11 is 0. The number of rotatable bonds is 1. The lowest BCUT2D eigenvalue weighted by Crippen LogP contribution is -2.22. The Morgan fingerprint density at radius 1 is 1.18 bits per heavy atom. The summed E-state index contributed by atoms with van der Waals surface area (Å²) in [7, 11) is 0. The van der Waals surface area contributed by atoms with Crippen LogP contribution in [-0.4, -0.2) is 9.97 Å². The van der Waals surface area contributed by atoms with Gasteiger partial charge in [-0.25, -0.2) is 0 Å². The maximum Gasteiger partial charge on any atom is 0.268 e. The van der Waals surface area contributed by atoms with Gasteiger partial charge in [-0.2, -0.15) is 5.26 Å². The zero-order valence-electron chi connectivity index (χ0n) is 11.7. The second kappa shape index (κ2) is 4.71. The van der Waals surface area contributed by atoms with E-state index in [1.807, 2.05) is 18.2 Å². The number of pyridine rings is 2. The SMILES string of the molecule is N#Cc1c(N2Cc3ccccc3C2)c2ccncc2[nH]c1=O. The third kappa shape index (κ3) is 1.78. The van der Waals surface area contributed by atoms with E-state index in [1.54, 1.807) is 12.4 Å². The Balaban J connectivity index is 1.96. The zero-order chi connectivity index (χ0) is 15.1. The fourth-order valence-electron chi connectivity index (χ4n) is 3.05. The third-order valence-electron chi connectivity index (χ3n) is 4.06. The van der Waals surface area contributed by atoms with Crippen LogP contribution < -0.4 is 10.5 Å². The highest BCUT2D eigenvalue weighted by molar-refractivity contribution is 5.94. The van der Waals surface area contributed by atoms with Crippen LogP contribution in [-0.2, 0) is 13.1 Å². The number of anilines is 1. The van der Waals surface area contributed by atoms with Crippen molar-refractivity contribution < 1.29 is 0 Å². The topological polar surface area (TPSA) is 72.8 Å². The summed E-state index contributed by atoms with van der Waals surface area (Å²) in [6.07, 6.45) is 3.29. The molecule has 2 aromatic heterocycles. The minimum absolute atomic E-state index is 0.159. The molecule has 3 aromatic rings. The van der Waals surface area contributed by atoms with E-state index in [0.29, 0.717) is 24.3 Å². The van der Waals surface area contributed by atoms with Gasteiger partial charge in [0.2, 0.25) is 0 Å². The maximum atomic E-state index is 12.2. The first-order chi connectivity index (χ1) is 10.8. The normalized spacial score (nSPS) is 13.1. The summed E-state index contributed by atoms with van der Waals surface area (Å²) < 4.78 is 0. The smallest absolute Gasteiger partial charge is 0.268 e. The van der Waals surface area contributed by atoms with Gasteiger partial charge < -0.3 is 9.88 Å². The van der Waals surface area contributed by atoms with Gasteiger partial charge in [0.1, 0.15) is 11.6 Å². The molecule has 0 bridgehead atoms. The van der Waals surface area contributed by atoms with Gasteiger partial charge in [0.15, 0.2) is 0 Å². The minimum atomic E-state index is -0.367. The Morgan fingerprint density at radius 3 is 2.59 bits per heavy atom. The fourth-order valence-corrected chi connectivity index (χ4v) is 3.05. The molecule has 0 aliphatic carbocycles. The molecule has 0 saturated carbocycles. The first kappa shape index (κ1) is 12.6. The van der Waals surface area contributed by atoms with Crippen molar-refractivity contribution in [3.05, 3.63) is 69.8 Å². The first-order valence-electron chi connectivity index (χ1n) is 7.00. The molecule has 0 saturated heterocycles. The highest BCUT2D eigenvalue weighted by Gasteiger charge is 2.24. The predicted octanol–water partition coefficient (Wildman–Crippen LogP) is 2.31. The highest BCUT2D eigenvalue weighted by atomic mass is 16.1. The molecular formula is C17H12N4O. The molecule has 1 aliphatic heterocycles. The van der Waals surface area contributed by atoms with Crippen molar-refractivity contribution in [2.75, 3.05) is 4.90 Å². The van der Waals surface area contributed by atoms with Crippen LogP contribution in [0.1, 0.15) is 16.7 Å². The molecule has 1 aromatic carbocycles. The van der Waals surface area contributed by atoms with Gasteiger partial charge in [-0.1, -0.05) is 24.3 Å². The summed E-state index contributed by atoms with van der Waals surface area (Å²) in [4.78, 5) is 21.0. The largest absolute Gasteiger partial charge is 0.361 e. The van der Waals surface area contributed by atoms with Crippen LogP contribution in [0.4, 0.5) is 5.69 Å².